The fraction of sp³-hybridized carbons (Fsp3) is 0.390. The Morgan fingerprint density at radius 2 is 0.679 bits per heavy atom. The number of nitrogens with one attached hydrogen (secondary N) is 6. The molecule has 31 nitrogen and oxygen atoms in total. The Balaban J connectivity index is 0.000000224. The molecule has 5 heterocycles. The summed E-state index contributed by atoms with van der Waals surface area (Å²) in [7, 11) is 1.70. The number of nitrogens with zero attached hydrogens (tertiary/aromatic N) is 11. The van der Waals surface area contributed by atoms with Gasteiger partial charge < -0.3 is 84.4 Å². The summed E-state index contributed by atoms with van der Waals surface area (Å²) in [6.07, 6.45) is 3.51. The van der Waals surface area contributed by atoms with Crippen LogP contribution in [0.3, 0.4) is 0 Å². The van der Waals surface area contributed by atoms with Crippen molar-refractivity contribution in [1.29, 1.82) is 0 Å². The standard InChI is InChI=1S/C23H26N4O2.2C20H29N5O2.C20H28N4O2.C17H22N4O/c1-16-8-6-11-19(17(16)2)20-14-21(27-23(24)26-20)25-13-7-12-22(28)29-15-18-9-4-3-5-10-18;1-13-8-7-9-15(14(13)2)16-12-17(24-18(21)23-16)22-10-11-25(6)19(26)27-20(3,4)5;1-13-8-6-9-15(14(13)2)16-12-17(25-18(21)24-16)22-10-7-11-23-19(26)27-20(3,4)5;1-13-8-6-9-15(14(13)2)16-12-17(24-19(21)23-16)22-11-7-10-18(25)26-20(3,4)5;1-11-6-4-8-15(12(11)2)16-10-14(20-17(18)21-16)7-5-9-19-13(3)22/h3-6,8-11,14H,7,12-13,15H2,1-2H3,(H3,24,25,26,27);7-9,12H,10-11H2,1-6H3,(H3,21,22,23,24);6,8-9,12H,7,10-11H2,1-5H3,(H,23,26)(H3,21,22,24,25);6,8-9,12H,7,10-11H2,1-5H3,(H3,21,22,23,24);4,6,8,10H,5,7,9H2,1-3H3,(H,19,22)(H2,18,20,21). The summed E-state index contributed by atoms with van der Waals surface area (Å²) >= 11 is 0. The van der Waals surface area contributed by atoms with E-state index in [1.54, 1.807) is 7.05 Å². The lowest BCUT2D eigenvalue weighted by atomic mass is 10.00. The summed E-state index contributed by atoms with van der Waals surface area (Å²) in [5.41, 5.74) is 50.9. The van der Waals surface area contributed by atoms with E-state index in [-0.39, 0.29) is 53.7 Å². The number of hydrogen-bond donors (Lipinski definition) is 11. The number of carbonyl (C=O) groups is 5. The molecule has 5 aromatic heterocycles. The number of rotatable bonds is 30. The molecular formula is C100H134N22O9. The van der Waals surface area contributed by atoms with Crippen LogP contribution >= 0.6 is 0 Å². The predicted molar refractivity (Wildman–Crippen MR) is 526 cm³/mol. The van der Waals surface area contributed by atoms with Gasteiger partial charge in [0.1, 0.15) is 46.7 Å². The van der Waals surface area contributed by atoms with Crippen LogP contribution in [0.15, 0.2) is 152 Å². The molecule has 11 aromatic rings. The number of likely N-dealkylation sites (N-methyl/N-ethyl adjacent to an activating group) is 1. The molecule has 0 radical (unpaired) electrons. The zero-order valence-electron chi connectivity index (χ0n) is 80.0. The van der Waals surface area contributed by atoms with Gasteiger partial charge in [-0.2, -0.15) is 19.9 Å². The Hall–Kier alpha value is -14.1. The van der Waals surface area contributed by atoms with E-state index in [1.807, 2.05) is 184 Å². The zero-order chi connectivity index (χ0) is 96.3. The maximum absolute atomic E-state index is 12.0. The van der Waals surface area contributed by atoms with Crippen LogP contribution in [-0.2, 0) is 46.4 Å². The van der Waals surface area contributed by atoms with Gasteiger partial charge in [-0.3, -0.25) is 14.4 Å². The largest absolute Gasteiger partial charge is 0.461 e. The first-order chi connectivity index (χ1) is 61.9. The summed E-state index contributed by atoms with van der Waals surface area (Å²) < 4.78 is 21.1. The van der Waals surface area contributed by atoms with Gasteiger partial charge in [-0.1, -0.05) is 121 Å². The Bertz CT molecular complexity index is 5640. The molecule has 31 heteroatoms. The number of esters is 2. The van der Waals surface area contributed by atoms with E-state index < -0.39 is 22.9 Å². The quantitative estimate of drug-likeness (QED) is 0.0113. The first-order valence-electron chi connectivity index (χ1n) is 43.9. The number of aromatic nitrogens is 10. The molecule has 0 unspecified atom stereocenters. The van der Waals surface area contributed by atoms with E-state index in [4.69, 9.17) is 47.6 Å². The highest BCUT2D eigenvalue weighted by molar-refractivity contribution is 5.75. The molecule has 0 aliphatic heterocycles. The molecule has 0 atom stereocenters. The monoisotopic (exact) mass is 1790 g/mol. The lowest BCUT2D eigenvalue weighted by Crippen LogP contribution is -2.36. The molecule has 131 heavy (non-hydrogen) atoms. The number of nitrogens with two attached hydrogens (primary N) is 5. The first-order valence-corrected chi connectivity index (χ1v) is 43.9. The van der Waals surface area contributed by atoms with Gasteiger partial charge in [-0.15, -0.1) is 0 Å². The average Bonchev–Trinajstić information content (AvgIpc) is 0.835. The van der Waals surface area contributed by atoms with Crippen LogP contribution in [0.1, 0.15) is 175 Å². The van der Waals surface area contributed by atoms with Crippen LogP contribution in [0.25, 0.3) is 56.3 Å². The molecule has 0 fully saturated rings. The minimum absolute atomic E-state index is 0.0155. The van der Waals surface area contributed by atoms with E-state index >= 15 is 0 Å². The van der Waals surface area contributed by atoms with Gasteiger partial charge in [0.2, 0.25) is 35.6 Å². The number of hydrogen-bond acceptors (Lipinski definition) is 28. The summed E-state index contributed by atoms with van der Waals surface area (Å²) in [6.45, 7) is 43.1. The number of anilines is 9. The molecule has 0 spiro atoms. The number of aryl methyl sites for hydroxylation is 6. The fourth-order valence-electron chi connectivity index (χ4n) is 12.9. The maximum atomic E-state index is 12.0. The maximum Gasteiger partial charge on any atom is 0.410 e. The van der Waals surface area contributed by atoms with Crippen molar-refractivity contribution in [2.24, 2.45) is 0 Å². The van der Waals surface area contributed by atoms with Gasteiger partial charge >= 0.3 is 24.1 Å². The van der Waals surface area contributed by atoms with Crippen molar-refractivity contribution in [3.8, 4) is 56.3 Å². The second-order valence-corrected chi connectivity index (χ2v) is 34.7. The number of carbonyl (C=O) groups excluding carboxylic acids is 5. The van der Waals surface area contributed by atoms with Gasteiger partial charge in [-0.25, -0.2) is 39.5 Å². The Morgan fingerprint density at radius 3 is 1.04 bits per heavy atom. The molecule has 16 N–H and O–H groups in total. The van der Waals surface area contributed by atoms with Crippen LogP contribution in [-0.4, -0.2) is 154 Å². The summed E-state index contributed by atoms with van der Waals surface area (Å²) in [4.78, 5) is 103. The third kappa shape index (κ3) is 36.5. The molecule has 0 aliphatic carbocycles. The van der Waals surface area contributed by atoms with Crippen molar-refractivity contribution in [2.45, 2.75) is 207 Å². The lowest BCUT2D eigenvalue weighted by Gasteiger charge is -2.24. The number of amides is 3. The fourth-order valence-corrected chi connectivity index (χ4v) is 12.9. The van der Waals surface area contributed by atoms with Crippen molar-refractivity contribution >= 4 is 83.0 Å². The SMILES string of the molecule is CC(=O)NCCCc1cc(-c2cccc(C)c2C)nc(N)n1.Cc1cccc(-c2cc(NCCCC(=O)OC(C)(C)C)nc(N)n2)c1C.Cc1cccc(-c2cc(NCCCC(=O)OCc3ccccc3)nc(N)n2)c1C.Cc1cccc(-c2cc(NCCCNC(=O)OC(C)(C)C)nc(N)n2)c1C.Cc1cccc(-c2cc(NCCN(C)C(=O)OC(C)(C)C)nc(N)n2)c1C. The van der Waals surface area contributed by atoms with Crippen LogP contribution in [0, 0.1) is 69.2 Å². The lowest BCUT2D eigenvalue weighted by molar-refractivity contribution is -0.155. The van der Waals surface area contributed by atoms with Crippen molar-refractivity contribution in [3.63, 3.8) is 0 Å². The van der Waals surface area contributed by atoms with Gasteiger partial charge in [0, 0.05) is 130 Å². The third-order valence-electron chi connectivity index (χ3n) is 20.3. The number of ether oxygens (including phenoxy) is 4. The Kier molecular flexibility index (Phi) is 39.7. The minimum Gasteiger partial charge on any atom is -0.461 e. The van der Waals surface area contributed by atoms with E-state index in [9.17, 15) is 24.0 Å². The van der Waals surface area contributed by atoms with Gasteiger partial charge in [-0.05, 0) is 231 Å². The normalized spacial score (nSPS) is 10.9. The van der Waals surface area contributed by atoms with Crippen LogP contribution in [0.2, 0.25) is 0 Å². The smallest absolute Gasteiger partial charge is 0.410 e. The Morgan fingerprint density at radius 1 is 0.351 bits per heavy atom. The van der Waals surface area contributed by atoms with Gasteiger partial charge in [0.25, 0.3) is 0 Å². The molecule has 11 rings (SSSR count). The molecule has 6 aromatic carbocycles. The number of nitrogen functional groups attached to an aromatic ring is 5. The highest BCUT2D eigenvalue weighted by Crippen LogP contribution is 2.32. The van der Waals surface area contributed by atoms with E-state index in [0.29, 0.717) is 101 Å². The molecule has 0 saturated carbocycles. The van der Waals surface area contributed by atoms with Crippen molar-refractivity contribution in [1.82, 2.24) is 65.4 Å². The second-order valence-electron chi connectivity index (χ2n) is 34.7. The molecule has 0 bridgehead atoms. The molecule has 698 valence electrons. The average molecular weight is 1790 g/mol. The second kappa shape index (κ2) is 50.0. The number of alkyl carbamates (subject to hydrolysis) is 1. The third-order valence-corrected chi connectivity index (χ3v) is 20.3. The number of benzene rings is 6. The molecule has 0 saturated heterocycles. The summed E-state index contributed by atoms with van der Waals surface area (Å²) in [5.74, 6) is 3.30. The molecule has 0 aliphatic rings. The van der Waals surface area contributed by atoms with Gasteiger partial charge in [0.15, 0.2) is 0 Å². The minimum atomic E-state index is -0.513. The van der Waals surface area contributed by atoms with Crippen LogP contribution in [0.4, 0.5) is 62.6 Å². The highest BCUT2D eigenvalue weighted by Gasteiger charge is 2.22. The van der Waals surface area contributed by atoms with Crippen molar-refractivity contribution in [3.05, 3.63) is 219 Å². The Labute approximate surface area is 771 Å². The highest BCUT2D eigenvalue weighted by atomic mass is 16.6. The van der Waals surface area contributed by atoms with E-state index in [1.165, 1.54) is 56.3 Å². The van der Waals surface area contributed by atoms with Crippen LogP contribution < -0.4 is 60.6 Å². The van der Waals surface area contributed by atoms with Crippen LogP contribution in [0.5, 0.6) is 0 Å². The first kappa shape index (κ1) is 104. The predicted octanol–water partition coefficient (Wildman–Crippen LogP) is 17.9. The summed E-state index contributed by atoms with van der Waals surface area (Å²) in [5, 5.41) is 18.4. The van der Waals surface area contributed by atoms with Gasteiger partial charge in [0.05, 0.1) is 28.5 Å². The van der Waals surface area contributed by atoms with E-state index in [2.05, 4.69) is 181 Å². The van der Waals surface area contributed by atoms with Crippen molar-refractivity contribution < 1.29 is 42.9 Å². The summed E-state index contributed by atoms with van der Waals surface area (Å²) in [6, 6.07) is 49.7. The molecule has 3 amide bonds. The topological polar surface area (TPSA) is 457 Å². The molecular weight excluding hydrogens is 1650 g/mol. The van der Waals surface area contributed by atoms with Crippen molar-refractivity contribution in [2.75, 3.05) is 103 Å². The zero-order valence-corrected chi connectivity index (χ0v) is 80.0. The van der Waals surface area contributed by atoms with E-state index in [0.717, 1.165) is 97.9 Å².